The summed E-state index contributed by atoms with van der Waals surface area (Å²) in [5.41, 5.74) is 1.05. The van der Waals surface area contributed by atoms with E-state index in [0.29, 0.717) is 29.6 Å². The lowest BCUT2D eigenvalue weighted by Gasteiger charge is -2.29. The molecule has 142 valence electrons. The van der Waals surface area contributed by atoms with E-state index >= 15 is 0 Å². The lowest BCUT2D eigenvalue weighted by Crippen LogP contribution is -2.89. The number of piperazine rings is 1. The summed E-state index contributed by atoms with van der Waals surface area (Å²) in [6.45, 7) is 6.44. The summed E-state index contributed by atoms with van der Waals surface area (Å²) in [5, 5.41) is 13.3. The van der Waals surface area contributed by atoms with Gasteiger partial charge in [-0.2, -0.15) is 0 Å². The Kier molecular flexibility index (Phi) is 8.40. The molecule has 0 aliphatic carbocycles. The van der Waals surface area contributed by atoms with Crippen LogP contribution in [0.15, 0.2) is 35.7 Å². The Labute approximate surface area is 158 Å². The molecule has 0 atom stereocenters. The zero-order valence-electron chi connectivity index (χ0n) is 15.0. The third kappa shape index (κ3) is 6.01. The third-order valence-corrected chi connectivity index (χ3v) is 4.12. The maximum Gasteiger partial charge on any atom is 0.293 e. The van der Waals surface area contributed by atoms with Crippen molar-refractivity contribution in [2.24, 2.45) is 0 Å². The number of benzene rings is 1. The Balaban J connectivity index is 2.21. The monoisotopic (exact) mass is 381 g/mol. The van der Waals surface area contributed by atoms with E-state index in [9.17, 15) is 4.79 Å². The molecule has 7 nitrogen and oxygen atoms in total. The number of hydrogen-bond donors (Lipinski definition) is 3. The van der Waals surface area contributed by atoms with E-state index in [4.69, 9.17) is 26.5 Å². The maximum atomic E-state index is 12.8. The van der Waals surface area contributed by atoms with Crippen molar-refractivity contribution in [1.29, 1.82) is 5.41 Å². The Morgan fingerprint density at radius 2 is 2.15 bits per heavy atom. The SMILES string of the molecule is CCOCCOC(C(=O)Nc1cccc(Cl)c1)=C(C=N)N1CC[NH2+]CC1. The quantitative estimate of drug-likeness (QED) is 0.258. The molecule has 26 heavy (non-hydrogen) atoms. The van der Waals surface area contributed by atoms with Gasteiger partial charge < -0.3 is 30.4 Å². The van der Waals surface area contributed by atoms with E-state index in [0.717, 1.165) is 26.2 Å². The second-order valence-corrected chi connectivity index (χ2v) is 6.16. The van der Waals surface area contributed by atoms with Crippen LogP contribution in [0, 0.1) is 5.41 Å². The van der Waals surface area contributed by atoms with Gasteiger partial charge in [-0.25, -0.2) is 0 Å². The van der Waals surface area contributed by atoms with Crippen molar-refractivity contribution < 1.29 is 19.6 Å². The third-order valence-electron chi connectivity index (χ3n) is 3.88. The van der Waals surface area contributed by atoms with Gasteiger partial charge in [-0.15, -0.1) is 0 Å². The molecule has 8 heteroatoms. The summed E-state index contributed by atoms with van der Waals surface area (Å²) in [5.74, 6) is -0.279. The number of rotatable bonds is 9. The van der Waals surface area contributed by atoms with Crippen molar-refractivity contribution in [3.05, 3.63) is 40.7 Å². The lowest BCUT2D eigenvalue weighted by molar-refractivity contribution is -0.662. The number of carbonyl (C=O) groups excluding carboxylic acids is 1. The van der Waals surface area contributed by atoms with Crippen molar-refractivity contribution in [3.8, 4) is 0 Å². The van der Waals surface area contributed by atoms with E-state index in [2.05, 4.69) is 10.6 Å². The minimum atomic E-state index is -0.406. The molecule has 0 bridgehead atoms. The molecule has 1 saturated heterocycles. The number of anilines is 1. The zero-order valence-corrected chi connectivity index (χ0v) is 15.7. The average Bonchev–Trinajstić information content (AvgIpc) is 2.65. The number of nitrogens with two attached hydrogens (primary N) is 1. The molecule has 1 aliphatic heterocycles. The fraction of sp³-hybridized carbons (Fsp3) is 0.444. The van der Waals surface area contributed by atoms with Gasteiger partial charge in [-0.3, -0.25) is 4.79 Å². The average molecular weight is 382 g/mol. The fourth-order valence-electron chi connectivity index (χ4n) is 2.65. The molecule has 0 spiro atoms. The minimum absolute atomic E-state index is 0.126. The van der Waals surface area contributed by atoms with Gasteiger partial charge in [0.15, 0.2) is 0 Å². The van der Waals surface area contributed by atoms with Crippen molar-refractivity contribution in [2.75, 3.05) is 51.3 Å². The van der Waals surface area contributed by atoms with Gasteiger partial charge in [0.25, 0.3) is 5.91 Å². The standard InChI is InChI=1S/C18H25ClN4O3/c1-2-25-10-11-26-17(16(13-20)23-8-6-21-7-9-23)18(24)22-15-5-3-4-14(19)12-15/h3-5,12-13,20-21H,2,6-11H2,1H3,(H,22,24)/p+1. The van der Waals surface area contributed by atoms with Crippen LogP contribution in [0.4, 0.5) is 5.69 Å². The Hall–Kier alpha value is -2.09. The van der Waals surface area contributed by atoms with Crippen LogP contribution >= 0.6 is 11.6 Å². The molecule has 1 aliphatic rings. The van der Waals surface area contributed by atoms with Crippen LogP contribution in [-0.4, -0.2) is 63.0 Å². The van der Waals surface area contributed by atoms with E-state index in [-0.39, 0.29) is 12.4 Å². The molecule has 1 aromatic carbocycles. The molecule has 0 unspecified atom stereocenters. The Bertz CT molecular complexity index is 645. The highest BCUT2D eigenvalue weighted by Gasteiger charge is 2.23. The topological polar surface area (TPSA) is 91.3 Å². The first-order valence-corrected chi connectivity index (χ1v) is 9.12. The Morgan fingerprint density at radius 1 is 1.38 bits per heavy atom. The van der Waals surface area contributed by atoms with Crippen molar-refractivity contribution >= 4 is 29.4 Å². The van der Waals surface area contributed by atoms with Gasteiger partial charge in [0.2, 0.25) is 5.76 Å². The first-order valence-electron chi connectivity index (χ1n) is 8.74. The van der Waals surface area contributed by atoms with Gasteiger partial charge in [0.1, 0.15) is 12.3 Å². The summed E-state index contributed by atoms with van der Waals surface area (Å²) < 4.78 is 11.0. The van der Waals surface area contributed by atoms with Crippen LogP contribution in [0.2, 0.25) is 5.02 Å². The summed E-state index contributed by atoms with van der Waals surface area (Å²) >= 11 is 5.98. The number of hydrogen-bond acceptors (Lipinski definition) is 5. The van der Waals surface area contributed by atoms with Crippen LogP contribution in [-0.2, 0) is 14.3 Å². The number of carbonyl (C=O) groups is 1. The second-order valence-electron chi connectivity index (χ2n) is 5.72. The van der Waals surface area contributed by atoms with Gasteiger partial charge in [-0.1, -0.05) is 17.7 Å². The van der Waals surface area contributed by atoms with Gasteiger partial charge in [0.05, 0.1) is 32.8 Å². The summed E-state index contributed by atoms with van der Waals surface area (Å²) in [6, 6.07) is 6.91. The van der Waals surface area contributed by atoms with Crippen molar-refractivity contribution in [2.45, 2.75) is 6.92 Å². The normalized spacial score (nSPS) is 15.2. The highest BCUT2D eigenvalue weighted by molar-refractivity contribution is 6.30. The number of allylic oxidation sites excluding steroid dienone is 1. The van der Waals surface area contributed by atoms with E-state index < -0.39 is 5.91 Å². The molecule has 0 saturated carbocycles. The van der Waals surface area contributed by atoms with Crippen LogP contribution in [0.5, 0.6) is 0 Å². The fourth-order valence-corrected chi connectivity index (χ4v) is 2.84. The number of ether oxygens (including phenoxy) is 2. The predicted octanol–water partition coefficient (Wildman–Crippen LogP) is 1.07. The van der Waals surface area contributed by atoms with Crippen LogP contribution in [0.1, 0.15) is 6.92 Å². The largest absolute Gasteiger partial charge is 0.484 e. The summed E-state index contributed by atoms with van der Waals surface area (Å²) in [4.78, 5) is 14.8. The van der Waals surface area contributed by atoms with E-state index in [1.54, 1.807) is 24.3 Å². The minimum Gasteiger partial charge on any atom is -0.484 e. The molecule has 1 heterocycles. The van der Waals surface area contributed by atoms with Gasteiger partial charge in [-0.05, 0) is 25.1 Å². The molecule has 0 aromatic heterocycles. The molecule has 1 aromatic rings. The molecule has 2 rings (SSSR count). The highest BCUT2D eigenvalue weighted by atomic mass is 35.5. The van der Waals surface area contributed by atoms with Crippen LogP contribution in [0.3, 0.4) is 0 Å². The van der Waals surface area contributed by atoms with Gasteiger partial charge in [0, 0.05) is 23.5 Å². The summed E-state index contributed by atoms with van der Waals surface area (Å²) in [6.07, 6.45) is 1.18. The molecular weight excluding hydrogens is 356 g/mol. The van der Waals surface area contributed by atoms with E-state index in [1.165, 1.54) is 6.21 Å². The molecule has 4 N–H and O–H groups in total. The first-order chi connectivity index (χ1) is 12.7. The number of nitrogens with one attached hydrogen (secondary N) is 2. The first kappa shape index (κ1) is 20.2. The maximum absolute atomic E-state index is 12.8. The number of amides is 1. The lowest BCUT2D eigenvalue weighted by atomic mass is 10.2. The molecule has 1 fully saturated rings. The zero-order chi connectivity index (χ0) is 18.8. The second kappa shape index (κ2) is 10.8. The van der Waals surface area contributed by atoms with Crippen molar-refractivity contribution in [1.82, 2.24) is 4.90 Å². The smallest absolute Gasteiger partial charge is 0.293 e. The van der Waals surface area contributed by atoms with Crippen molar-refractivity contribution in [3.63, 3.8) is 0 Å². The van der Waals surface area contributed by atoms with E-state index in [1.807, 2.05) is 11.8 Å². The number of halogens is 1. The molecule has 0 radical (unpaired) electrons. The highest BCUT2D eigenvalue weighted by Crippen LogP contribution is 2.18. The number of nitrogens with zero attached hydrogens (tertiary/aromatic N) is 1. The van der Waals surface area contributed by atoms with Gasteiger partial charge >= 0.3 is 0 Å². The Morgan fingerprint density at radius 3 is 2.81 bits per heavy atom. The van der Waals surface area contributed by atoms with Crippen LogP contribution < -0.4 is 10.6 Å². The van der Waals surface area contributed by atoms with Crippen LogP contribution in [0.25, 0.3) is 0 Å². The molecular formula is C18H26ClN4O3+. The summed E-state index contributed by atoms with van der Waals surface area (Å²) in [7, 11) is 0. The predicted molar refractivity (Wildman–Crippen MR) is 102 cm³/mol. The number of quaternary nitrogens is 1. The molecule has 1 amide bonds.